The van der Waals surface area contributed by atoms with Gasteiger partial charge in [0, 0.05) is 31.5 Å². The summed E-state index contributed by atoms with van der Waals surface area (Å²) in [5, 5.41) is 12.0. The summed E-state index contributed by atoms with van der Waals surface area (Å²) in [6.07, 6.45) is -0.723. The predicted octanol–water partition coefficient (Wildman–Crippen LogP) is 3.50. The van der Waals surface area contributed by atoms with Gasteiger partial charge < -0.3 is 24.8 Å². The molecule has 8 heteroatoms. The van der Waals surface area contributed by atoms with Crippen LogP contribution in [-0.4, -0.2) is 66.9 Å². The number of carboxylic acid groups (broad SMARTS) is 1. The van der Waals surface area contributed by atoms with Crippen molar-refractivity contribution in [1.82, 2.24) is 10.2 Å². The van der Waals surface area contributed by atoms with E-state index in [4.69, 9.17) is 9.47 Å². The molecule has 35 heavy (non-hydrogen) atoms. The van der Waals surface area contributed by atoms with Crippen LogP contribution < -0.4 is 5.32 Å². The molecule has 1 aliphatic carbocycles. The lowest BCUT2D eigenvalue weighted by molar-refractivity contribution is -0.150. The second-order valence-corrected chi connectivity index (χ2v) is 9.55. The first-order valence-electron chi connectivity index (χ1n) is 12.1. The summed E-state index contributed by atoms with van der Waals surface area (Å²) in [6.45, 7) is 4.62. The van der Waals surface area contributed by atoms with Gasteiger partial charge in [0.25, 0.3) is 5.91 Å². The van der Waals surface area contributed by atoms with Gasteiger partial charge in [-0.25, -0.2) is 4.79 Å². The van der Waals surface area contributed by atoms with E-state index in [0.717, 1.165) is 22.3 Å². The van der Waals surface area contributed by atoms with Crippen LogP contribution in [0.4, 0.5) is 4.79 Å². The fraction of sp³-hybridized carbons (Fsp3) is 0.444. The van der Waals surface area contributed by atoms with Crippen molar-refractivity contribution in [3.8, 4) is 11.1 Å². The highest BCUT2D eigenvalue weighted by Crippen LogP contribution is 2.44. The van der Waals surface area contributed by atoms with E-state index in [2.05, 4.69) is 29.6 Å². The Morgan fingerprint density at radius 2 is 1.71 bits per heavy atom. The minimum absolute atomic E-state index is 0.0297. The molecule has 1 saturated heterocycles. The molecule has 0 bridgehead atoms. The number of carbonyl (C=O) groups is 3. The summed E-state index contributed by atoms with van der Waals surface area (Å²) in [7, 11) is 0. The largest absolute Gasteiger partial charge is 0.480 e. The molecule has 0 spiro atoms. The molecular weight excluding hydrogens is 448 g/mol. The van der Waals surface area contributed by atoms with Gasteiger partial charge >= 0.3 is 12.1 Å². The number of rotatable bonds is 9. The van der Waals surface area contributed by atoms with Crippen LogP contribution >= 0.6 is 0 Å². The molecule has 2 aliphatic rings. The van der Waals surface area contributed by atoms with Crippen LogP contribution in [0.3, 0.4) is 0 Å². The number of nitrogens with one attached hydrogen (secondary N) is 1. The lowest BCUT2D eigenvalue weighted by Crippen LogP contribution is -2.47. The third kappa shape index (κ3) is 5.65. The van der Waals surface area contributed by atoms with Crippen molar-refractivity contribution >= 4 is 18.0 Å². The Bertz CT molecular complexity index is 1040. The van der Waals surface area contributed by atoms with E-state index in [9.17, 15) is 19.5 Å². The molecule has 4 rings (SSSR count). The minimum Gasteiger partial charge on any atom is -0.480 e. The second-order valence-electron chi connectivity index (χ2n) is 9.55. The zero-order valence-electron chi connectivity index (χ0n) is 20.1. The topological polar surface area (TPSA) is 105 Å². The van der Waals surface area contributed by atoms with Crippen LogP contribution in [0.15, 0.2) is 48.5 Å². The number of carbonyl (C=O) groups excluding carboxylic acids is 2. The second kappa shape index (κ2) is 10.9. The molecule has 0 unspecified atom stereocenters. The molecule has 2 N–H and O–H groups in total. The van der Waals surface area contributed by atoms with Gasteiger partial charge in [0.05, 0.1) is 0 Å². The smallest absolute Gasteiger partial charge is 0.407 e. The molecule has 2 amide bonds. The number of ether oxygens (including phenoxy) is 2. The Morgan fingerprint density at radius 1 is 1.09 bits per heavy atom. The lowest BCUT2D eigenvalue weighted by Gasteiger charge is -2.27. The summed E-state index contributed by atoms with van der Waals surface area (Å²) < 4.78 is 11.2. The molecule has 8 nitrogen and oxygen atoms in total. The number of hydrogen-bond acceptors (Lipinski definition) is 5. The summed E-state index contributed by atoms with van der Waals surface area (Å²) in [4.78, 5) is 38.1. The fourth-order valence-electron chi connectivity index (χ4n) is 5.00. The number of aliphatic carboxylic acids is 1. The summed E-state index contributed by atoms with van der Waals surface area (Å²) >= 11 is 0. The van der Waals surface area contributed by atoms with Gasteiger partial charge in [-0.2, -0.15) is 0 Å². The SMILES string of the molecule is CC(C)CN(CC(=O)O)C(=O)[C@@H]1OCC[C@@H]1CNC(=O)OCC1c2ccccc2-c2ccccc21. The summed E-state index contributed by atoms with van der Waals surface area (Å²) in [5.74, 6) is -1.57. The van der Waals surface area contributed by atoms with Crippen molar-refractivity contribution in [1.29, 1.82) is 0 Å². The maximum absolute atomic E-state index is 13.0. The average molecular weight is 481 g/mol. The maximum atomic E-state index is 13.0. The van der Waals surface area contributed by atoms with E-state index < -0.39 is 18.2 Å². The number of benzene rings is 2. The van der Waals surface area contributed by atoms with E-state index >= 15 is 0 Å². The van der Waals surface area contributed by atoms with Crippen LogP contribution in [0.2, 0.25) is 0 Å². The number of fused-ring (bicyclic) bond motifs is 3. The molecule has 186 valence electrons. The van der Waals surface area contributed by atoms with E-state index in [1.165, 1.54) is 4.90 Å². The molecule has 2 aromatic carbocycles. The first kappa shape index (κ1) is 24.7. The maximum Gasteiger partial charge on any atom is 0.407 e. The van der Waals surface area contributed by atoms with Crippen LogP contribution in [0.5, 0.6) is 0 Å². The Morgan fingerprint density at radius 3 is 2.31 bits per heavy atom. The molecule has 1 heterocycles. The highest BCUT2D eigenvalue weighted by molar-refractivity contribution is 5.85. The van der Waals surface area contributed by atoms with Crippen molar-refractivity contribution in [3.63, 3.8) is 0 Å². The number of hydrogen-bond donors (Lipinski definition) is 2. The first-order chi connectivity index (χ1) is 16.8. The molecular formula is C27H32N2O6. The molecule has 2 aromatic rings. The van der Waals surface area contributed by atoms with Crippen molar-refractivity contribution in [2.24, 2.45) is 11.8 Å². The van der Waals surface area contributed by atoms with Crippen molar-refractivity contribution in [2.45, 2.75) is 32.3 Å². The average Bonchev–Trinajstić information content (AvgIpc) is 3.42. The molecule has 0 aromatic heterocycles. The zero-order chi connectivity index (χ0) is 24.9. The quantitative estimate of drug-likeness (QED) is 0.569. The van der Waals surface area contributed by atoms with Crippen molar-refractivity contribution in [2.75, 3.05) is 32.8 Å². The van der Waals surface area contributed by atoms with E-state index in [1.54, 1.807) is 0 Å². The van der Waals surface area contributed by atoms with Crippen LogP contribution in [0.25, 0.3) is 11.1 Å². The Kier molecular flexibility index (Phi) is 7.70. The standard InChI is InChI=1S/C27H32N2O6/c1-17(2)14-29(15-24(30)31)26(32)25-18(11-12-34-25)13-28-27(33)35-16-23-21-9-5-3-7-19(21)20-8-4-6-10-22(20)23/h3-10,17-18,23,25H,11-16H2,1-2H3,(H,28,33)(H,30,31)/t18-,25-/m1/s1. The Labute approximate surface area is 205 Å². The predicted molar refractivity (Wildman–Crippen MR) is 130 cm³/mol. The molecule has 1 aliphatic heterocycles. The minimum atomic E-state index is -1.06. The van der Waals surface area contributed by atoms with Gasteiger partial charge in [0.2, 0.25) is 0 Å². The van der Waals surface area contributed by atoms with E-state index in [1.807, 2.05) is 38.1 Å². The number of carboxylic acids is 1. The van der Waals surface area contributed by atoms with Gasteiger partial charge in [-0.3, -0.25) is 9.59 Å². The number of amides is 2. The van der Waals surface area contributed by atoms with Gasteiger partial charge in [-0.05, 0) is 34.6 Å². The zero-order valence-corrected chi connectivity index (χ0v) is 20.1. The lowest BCUT2D eigenvalue weighted by atomic mass is 9.98. The Balaban J connectivity index is 1.33. The van der Waals surface area contributed by atoms with Gasteiger partial charge in [0.1, 0.15) is 19.3 Å². The summed E-state index contributed by atoms with van der Waals surface area (Å²) in [6, 6.07) is 16.3. The highest BCUT2D eigenvalue weighted by Gasteiger charge is 2.38. The Hall–Kier alpha value is -3.39. The number of nitrogens with zero attached hydrogens (tertiary/aromatic N) is 1. The molecule has 0 saturated carbocycles. The van der Waals surface area contributed by atoms with Crippen LogP contribution in [0.1, 0.15) is 37.3 Å². The fourth-order valence-corrected chi connectivity index (χ4v) is 5.00. The third-order valence-electron chi connectivity index (χ3n) is 6.53. The monoisotopic (exact) mass is 480 g/mol. The number of alkyl carbamates (subject to hydrolysis) is 1. The highest BCUT2D eigenvalue weighted by atomic mass is 16.5. The van der Waals surface area contributed by atoms with Crippen LogP contribution in [-0.2, 0) is 19.1 Å². The third-order valence-corrected chi connectivity index (χ3v) is 6.53. The normalized spacial score (nSPS) is 18.7. The van der Waals surface area contributed by atoms with Gasteiger partial charge in [0.15, 0.2) is 0 Å². The molecule has 0 radical (unpaired) electrons. The van der Waals surface area contributed by atoms with Crippen molar-refractivity contribution in [3.05, 3.63) is 59.7 Å². The first-order valence-corrected chi connectivity index (χ1v) is 12.1. The molecule has 2 atom stereocenters. The van der Waals surface area contributed by atoms with Crippen molar-refractivity contribution < 1.29 is 29.0 Å². The van der Waals surface area contributed by atoms with Crippen LogP contribution in [0, 0.1) is 11.8 Å². The van der Waals surface area contributed by atoms with Gasteiger partial charge in [-0.15, -0.1) is 0 Å². The van der Waals surface area contributed by atoms with Gasteiger partial charge in [-0.1, -0.05) is 62.4 Å². The van der Waals surface area contributed by atoms with E-state index in [-0.39, 0.29) is 43.4 Å². The molecule has 1 fully saturated rings. The summed E-state index contributed by atoms with van der Waals surface area (Å²) in [5.41, 5.74) is 4.60. The van der Waals surface area contributed by atoms with E-state index in [0.29, 0.717) is 19.6 Å².